The summed E-state index contributed by atoms with van der Waals surface area (Å²) < 4.78 is 18.2. The Morgan fingerprint density at radius 1 is 0.325 bits per heavy atom. The van der Waals surface area contributed by atoms with E-state index in [2.05, 4.69) is 102 Å². The minimum absolute atomic E-state index is 0.713. The lowest BCUT2D eigenvalue weighted by Crippen LogP contribution is -1.94. The van der Waals surface area contributed by atoms with Crippen LogP contribution in [0.25, 0.3) is 87.9 Å². The second-order valence-corrected chi connectivity index (χ2v) is 10.9. The Kier molecular flexibility index (Phi) is 4.55. The highest BCUT2D eigenvalue weighted by Crippen LogP contribution is 2.40. The molecule has 0 radical (unpaired) electrons. The molecular formula is C32H16N6S2. The molecule has 3 heterocycles. The smallest absolute Gasteiger partial charge is 0.136 e. The predicted molar refractivity (Wildman–Crippen MR) is 165 cm³/mol. The molecule has 0 saturated heterocycles. The van der Waals surface area contributed by atoms with Gasteiger partial charge in [-0.1, -0.05) is 84.9 Å². The van der Waals surface area contributed by atoms with Crippen molar-refractivity contribution in [1.29, 1.82) is 0 Å². The normalized spacial score (nSPS) is 12.0. The van der Waals surface area contributed by atoms with E-state index in [9.17, 15) is 0 Å². The molecule has 0 fully saturated rings. The first-order chi connectivity index (χ1) is 19.8. The van der Waals surface area contributed by atoms with E-state index in [1.807, 2.05) is 12.1 Å². The number of fused-ring (bicyclic) bond motifs is 12. The Balaban J connectivity index is 1.47. The second kappa shape index (κ2) is 8.29. The molecule has 0 N–H and O–H groups in total. The molecule has 3 aromatic heterocycles. The zero-order valence-electron chi connectivity index (χ0n) is 20.7. The maximum absolute atomic E-state index is 5.25. The Bertz CT molecular complexity index is 2260. The van der Waals surface area contributed by atoms with Crippen LogP contribution in [0.4, 0.5) is 0 Å². The lowest BCUT2D eigenvalue weighted by molar-refractivity contribution is 1.43. The van der Waals surface area contributed by atoms with Crippen molar-refractivity contribution < 1.29 is 0 Å². The van der Waals surface area contributed by atoms with Crippen molar-refractivity contribution in [2.75, 3.05) is 0 Å². The number of rotatable bonds is 2. The Hall–Kier alpha value is -4.92. The molecule has 0 spiro atoms. The van der Waals surface area contributed by atoms with Crippen LogP contribution in [0.1, 0.15) is 0 Å². The summed E-state index contributed by atoms with van der Waals surface area (Å²) in [4.78, 5) is 10.5. The average molecular weight is 549 g/mol. The van der Waals surface area contributed by atoms with Gasteiger partial charge in [0.15, 0.2) is 0 Å². The summed E-state index contributed by atoms with van der Waals surface area (Å²) in [6.45, 7) is 0. The third-order valence-electron chi connectivity index (χ3n) is 7.60. The molecule has 9 aromatic rings. The SMILES string of the molecule is c1ccc(-c2ccc3c(c2)c2cc(-c4ccccc4)ccc2c2nc4c5nsnc5c5nsnc5c4nc32)cc1. The van der Waals surface area contributed by atoms with Crippen molar-refractivity contribution in [3.63, 3.8) is 0 Å². The van der Waals surface area contributed by atoms with Crippen molar-refractivity contribution in [1.82, 2.24) is 27.5 Å². The van der Waals surface area contributed by atoms with Gasteiger partial charge < -0.3 is 0 Å². The van der Waals surface area contributed by atoms with Gasteiger partial charge in [-0.3, -0.25) is 0 Å². The fourth-order valence-corrected chi connectivity index (χ4v) is 6.81. The lowest BCUT2D eigenvalue weighted by atomic mass is 9.93. The molecule has 0 aliphatic carbocycles. The van der Waals surface area contributed by atoms with Crippen LogP contribution in [0, 0.1) is 0 Å². The van der Waals surface area contributed by atoms with E-state index in [-0.39, 0.29) is 0 Å². The minimum Gasteiger partial charge on any atom is -0.241 e. The highest BCUT2D eigenvalue weighted by atomic mass is 32.1. The number of nitrogens with zero attached hydrogens (tertiary/aromatic N) is 6. The predicted octanol–water partition coefficient (Wildman–Crippen LogP) is 8.43. The third kappa shape index (κ3) is 3.08. The number of aromatic nitrogens is 6. The van der Waals surface area contributed by atoms with E-state index < -0.39 is 0 Å². The van der Waals surface area contributed by atoms with Crippen LogP contribution in [-0.4, -0.2) is 27.5 Å². The van der Waals surface area contributed by atoms with Crippen molar-refractivity contribution in [2.24, 2.45) is 0 Å². The second-order valence-electron chi connectivity index (χ2n) is 9.79. The standard InChI is InChI=1S/C32H16N6S2/c1-3-7-17(8-4-1)19-11-13-21-23(15-19)24-16-20(18-9-5-2-6-10-18)12-14-22(24)26-25(21)33-27-28(34-26)30-32(38-40-36-30)31-29(27)35-39-37-31/h1-16H. The van der Waals surface area contributed by atoms with Gasteiger partial charge in [-0.15, -0.1) is 0 Å². The molecule has 0 saturated carbocycles. The van der Waals surface area contributed by atoms with Crippen LogP contribution in [0.15, 0.2) is 97.1 Å². The Labute approximate surface area is 235 Å². The molecule has 40 heavy (non-hydrogen) atoms. The van der Waals surface area contributed by atoms with Crippen molar-refractivity contribution in [3.8, 4) is 22.3 Å². The lowest BCUT2D eigenvalue weighted by Gasteiger charge is -2.13. The highest BCUT2D eigenvalue weighted by molar-refractivity contribution is 7.01. The van der Waals surface area contributed by atoms with Gasteiger partial charge in [-0.25, -0.2) is 9.97 Å². The molecule has 0 atom stereocenters. The summed E-state index contributed by atoms with van der Waals surface area (Å²) >= 11 is 2.33. The van der Waals surface area contributed by atoms with Gasteiger partial charge in [0, 0.05) is 10.8 Å². The Morgan fingerprint density at radius 3 is 1.15 bits per heavy atom. The van der Waals surface area contributed by atoms with Gasteiger partial charge in [0.2, 0.25) is 0 Å². The maximum atomic E-state index is 5.25. The average Bonchev–Trinajstić information content (AvgIpc) is 3.72. The molecule has 6 aromatic carbocycles. The van der Waals surface area contributed by atoms with Crippen LogP contribution in [-0.2, 0) is 0 Å². The fourth-order valence-electron chi connectivity index (χ4n) is 5.71. The van der Waals surface area contributed by atoms with E-state index >= 15 is 0 Å². The molecule has 0 bridgehead atoms. The summed E-state index contributed by atoms with van der Waals surface area (Å²) in [5.74, 6) is 0. The van der Waals surface area contributed by atoms with E-state index in [0.29, 0.717) is 11.0 Å². The third-order valence-corrected chi connectivity index (χ3v) is 8.66. The molecule has 186 valence electrons. The van der Waals surface area contributed by atoms with Gasteiger partial charge in [0.05, 0.1) is 34.5 Å². The highest BCUT2D eigenvalue weighted by Gasteiger charge is 2.21. The quantitative estimate of drug-likeness (QED) is 0.159. The van der Waals surface area contributed by atoms with Crippen LogP contribution < -0.4 is 0 Å². The first kappa shape index (κ1) is 22.0. The van der Waals surface area contributed by atoms with Crippen LogP contribution in [0.5, 0.6) is 0 Å². The fraction of sp³-hybridized carbons (Fsp3) is 0. The molecule has 0 amide bonds. The molecule has 0 aliphatic heterocycles. The van der Waals surface area contributed by atoms with Crippen LogP contribution >= 0.6 is 23.5 Å². The van der Waals surface area contributed by atoms with Gasteiger partial charge in [-0.05, 0) is 45.2 Å². The largest absolute Gasteiger partial charge is 0.241 e. The summed E-state index contributed by atoms with van der Waals surface area (Å²) in [5, 5.41) is 4.38. The minimum atomic E-state index is 0.713. The first-order valence-corrected chi connectivity index (χ1v) is 14.3. The van der Waals surface area contributed by atoms with Gasteiger partial charge in [-0.2, -0.15) is 17.5 Å². The van der Waals surface area contributed by atoms with Crippen molar-refractivity contribution >= 4 is 89.1 Å². The van der Waals surface area contributed by atoms with Gasteiger partial charge >= 0.3 is 0 Å². The zero-order chi connectivity index (χ0) is 26.2. The molecule has 0 unspecified atom stereocenters. The Morgan fingerprint density at radius 2 is 0.725 bits per heavy atom. The van der Waals surface area contributed by atoms with Gasteiger partial charge in [0.25, 0.3) is 0 Å². The van der Waals surface area contributed by atoms with E-state index in [4.69, 9.17) is 9.97 Å². The van der Waals surface area contributed by atoms with Crippen molar-refractivity contribution in [3.05, 3.63) is 97.1 Å². The topological polar surface area (TPSA) is 77.3 Å². The first-order valence-electron chi connectivity index (χ1n) is 12.8. The molecular weight excluding hydrogens is 533 g/mol. The van der Waals surface area contributed by atoms with Gasteiger partial charge in [0.1, 0.15) is 33.1 Å². The van der Waals surface area contributed by atoms with E-state index in [0.717, 1.165) is 65.8 Å². The summed E-state index contributed by atoms with van der Waals surface area (Å²) in [6.07, 6.45) is 0. The summed E-state index contributed by atoms with van der Waals surface area (Å²) in [7, 11) is 0. The van der Waals surface area contributed by atoms with Crippen molar-refractivity contribution in [2.45, 2.75) is 0 Å². The molecule has 6 nitrogen and oxygen atoms in total. The summed E-state index contributed by atoms with van der Waals surface area (Å²) in [5.41, 5.74) is 10.7. The van der Waals surface area contributed by atoms with Crippen LogP contribution in [0.3, 0.4) is 0 Å². The summed E-state index contributed by atoms with van der Waals surface area (Å²) in [6, 6.07) is 34.2. The number of hydrogen-bond acceptors (Lipinski definition) is 8. The van der Waals surface area contributed by atoms with E-state index in [1.54, 1.807) is 0 Å². The molecule has 8 heteroatoms. The zero-order valence-corrected chi connectivity index (χ0v) is 22.4. The van der Waals surface area contributed by atoms with Crippen LogP contribution in [0.2, 0.25) is 0 Å². The monoisotopic (exact) mass is 548 g/mol. The number of hydrogen-bond donors (Lipinski definition) is 0. The van der Waals surface area contributed by atoms with E-state index in [1.165, 1.54) is 34.6 Å². The molecule has 0 aliphatic rings. The maximum Gasteiger partial charge on any atom is 0.136 e. The number of benzene rings is 6. The molecule has 9 rings (SSSR count).